The van der Waals surface area contributed by atoms with Gasteiger partial charge in [0.1, 0.15) is 0 Å². The number of nitrogens with zero attached hydrogens (tertiary/aromatic N) is 5. The average molecular weight is 642 g/mol. The van der Waals surface area contributed by atoms with E-state index in [-0.39, 0.29) is 0 Å². The first-order valence-corrected chi connectivity index (χ1v) is 16.7. The molecule has 0 amide bonds. The van der Waals surface area contributed by atoms with Crippen LogP contribution in [-0.4, -0.2) is 24.5 Å². The highest BCUT2D eigenvalue weighted by molar-refractivity contribution is 6.10. The van der Waals surface area contributed by atoms with Crippen LogP contribution >= 0.6 is 0 Å². The molecule has 0 atom stereocenters. The van der Waals surface area contributed by atoms with Gasteiger partial charge in [-0.3, -0.25) is 4.98 Å². The van der Waals surface area contributed by atoms with Crippen molar-refractivity contribution >= 4 is 21.8 Å². The molecule has 3 aromatic heterocycles. The Morgan fingerprint density at radius 3 is 1.74 bits per heavy atom. The Morgan fingerprint density at radius 2 is 1.02 bits per heavy atom. The van der Waals surface area contributed by atoms with Gasteiger partial charge in [-0.05, 0) is 53.9 Å². The van der Waals surface area contributed by atoms with Crippen molar-refractivity contribution in [1.29, 1.82) is 0 Å². The first-order valence-electron chi connectivity index (χ1n) is 16.7. The molecular formula is C45H31N5. The summed E-state index contributed by atoms with van der Waals surface area (Å²) in [6.45, 7) is 2.14. The molecule has 9 rings (SSSR count). The van der Waals surface area contributed by atoms with Gasteiger partial charge >= 0.3 is 0 Å². The second-order valence-corrected chi connectivity index (χ2v) is 12.5. The zero-order valence-corrected chi connectivity index (χ0v) is 27.4. The lowest BCUT2D eigenvalue weighted by molar-refractivity contribution is 1.06. The lowest BCUT2D eigenvalue weighted by Crippen LogP contribution is -2.04. The van der Waals surface area contributed by atoms with E-state index in [9.17, 15) is 0 Å². The van der Waals surface area contributed by atoms with E-state index in [0.717, 1.165) is 50.1 Å². The summed E-state index contributed by atoms with van der Waals surface area (Å²) in [6.07, 6.45) is 3.69. The molecule has 0 aliphatic heterocycles. The molecule has 3 heterocycles. The van der Waals surface area contributed by atoms with Gasteiger partial charge in [0.25, 0.3) is 0 Å². The third-order valence-electron chi connectivity index (χ3n) is 9.20. The van der Waals surface area contributed by atoms with E-state index in [2.05, 4.69) is 107 Å². The minimum Gasteiger partial charge on any atom is -0.308 e. The molecule has 0 radical (unpaired) electrons. The summed E-state index contributed by atoms with van der Waals surface area (Å²) in [4.78, 5) is 19.8. The SMILES string of the molecule is Cc1cccc(-c2ccc3c4ccccc4n(-c4ccc(-c5cccnc5)cc4-c4nc(-c5ccccc5)nc(-c5ccccc5)n4)c3c2)c1. The monoisotopic (exact) mass is 641 g/mol. The van der Waals surface area contributed by atoms with Crippen molar-refractivity contribution in [3.8, 4) is 62.1 Å². The fourth-order valence-corrected chi connectivity index (χ4v) is 6.79. The van der Waals surface area contributed by atoms with Crippen molar-refractivity contribution in [2.24, 2.45) is 0 Å². The summed E-state index contributed by atoms with van der Waals surface area (Å²) in [5.74, 6) is 1.84. The highest BCUT2D eigenvalue weighted by Gasteiger charge is 2.20. The predicted molar refractivity (Wildman–Crippen MR) is 204 cm³/mol. The Morgan fingerprint density at radius 1 is 0.420 bits per heavy atom. The lowest BCUT2D eigenvalue weighted by atomic mass is 10.0. The molecule has 0 fully saturated rings. The first-order chi connectivity index (χ1) is 24.7. The minimum atomic E-state index is 0.596. The van der Waals surface area contributed by atoms with Gasteiger partial charge in [-0.25, -0.2) is 15.0 Å². The smallest absolute Gasteiger partial charge is 0.166 e. The van der Waals surface area contributed by atoms with Crippen LogP contribution in [0.5, 0.6) is 0 Å². The molecule has 5 nitrogen and oxygen atoms in total. The Hall–Kier alpha value is -6.72. The zero-order valence-electron chi connectivity index (χ0n) is 27.4. The van der Waals surface area contributed by atoms with E-state index < -0.39 is 0 Å². The molecule has 0 N–H and O–H groups in total. The number of aromatic nitrogens is 5. The van der Waals surface area contributed by atoms with Gasteiger partial charge in [0.15, 0.2) is 17.5 Å². The van der Waals surface area contributed by atoms with Crippen LogP contribution in [0.15, 0.2) is 170 Å². The quantitative estimate of drug-likeness (QED) is 0.181. The van der Waals surface area contributed by atoms with Crippen molar-refractivity contribution in [3.63, 3.8) is 0 Å². The van der Waals surface area contributed by atoms with E-state index >= 15 is 0 Å². The summed E-state index contributed by atoms with van der Waals surface area (Å²) in [5.41, 5.74) is 11.6. The van der Waals surface area contributed by atoms with E-state index in [1.165, 1.54) is 21.9 Å². The van der Waals surface area contributed by atoms with Crippen LogP contribution in [0.4, 0.5) is 0 Å². The van der Waals surface area contributed by atoms with Gasteiger partial charge in [0, 0.05) is 45.4 Å². The molecule has 50 heavy (non-hydrogen) atoms. The van der Waals surface area contributed by atoms with Crippen LogP contribution < -0.4 is 0 Å². The molecule has 6 aromatic carbocycles. The third kappa shape index (κ3) is 5.31. The molecule has 0 aliphatic carbocycles. The number of benzene rings is 6. The van der Waals surface area contributed by atoms with E-state index in [0.29, 0.717) is 17.5 Å². The molecule has 236 valence electrons. The summed E-state index contributed by atoms with van der Waals surface area (Å²) in [7, 11) is 0. The maximum absolute atomic E-state index is 5.19. The van der Waals surface area contributed by atoms with Gasteiger partial charge in [0.2, 0.25) is 0 Å². The predicted octanol–water partition coefficient (Wildman–Crippen LogP) is 11.0. The fraction of sp³-hybridized carbons (Fsp3) is 0.0222. The van der Waals surface area contributed by atoms with E-state index in [1.54, 1.807) is 6.20 Å². The molecule has 0 aliphatic rings. The van der Waals surface area contributed by atoms with Crippen LogP contribution in [0.1, 0.15) is 5.56 Å². The van der Waals surface area contributed by atoms with Crippen LogP contribution in [0, 0.1) is 6.92 Å². The normalized spacial score (nSPS) is 11.3. The molecular weight excluding hydrogens is 611 g/mol. The Labute approximate surface area is 290 Å². The first kappa shape index (κ1) is 29.4. The summed E-state index contributed by atoms with van der Waals surface area (Å²) < 4.78 is 2.36. The topological polar surface area (TPSA) is 56.5 Å². The maximum Gasteiger partial charge on any atom is 0.166 e. The second-order valence-electron chi connectivity index (χ2n) is 12.5. The zero-order chi connectivity index (χ0) is 33.4. The highest BCUT2D eigenvalue weighted by atomic mass is 15.1. The van der Waals surface area contributed by atoms with Gasteiger partial charge < -0.3 is 4.57 Å². The van der Waals surface area contributed by atoms with Crippen LogP contribution in [0.3, 0.4) is 0 Å². The molecule has 0 spiro atoms. The van der Waals surface area contributed by atoms with Gasteiger partial charge in [-0.1, -0.05) is 133 Å². The van der Waals surface area contributed by atoms with E-state index in [1.807, 2.05) is 72.9 Å². The standard InChI is InChI=1S/C45H31N5/c1-30-12-10-17-33(26-30)35-21-23-38-37-19-8-9-20-40(37)50(42(38)28-35)41-24-22-34(36-18-11-25-46-29-36)27-39(41)45-48-43(31-13-4-2-5-14-31)47-44(49-45)32-15-6-3-7-16-32/h2-29H,1H3. The third-order valence-corrected chi connectivity index (χ3v) is 9.20. The summed E-state index contributed by atoms with van der Waals surface area (Å²) in [5, 5.41) is 2.37. The van der Waals surface area contributed by atoms with Crippen molar-refractivity contribution < 1.29 is 0 Å². The van der Waals surface area contributed by atoms with Crippen molar-refractivity contribution in [3.05, 3.63) is 176 Å². The Kier molecular flexibility index (Phi) is 7.29. The largest absolute Gasteiger partial charge is 0.308 e. The number of pyridine rings is 1. The molecule has 0 saturated heterocycles. The maximum atomic E-state index is 5.19. The van der Waals surface area contributed by atoms with Gasteiger partial charge in [-0.15, -0.1) is 0 Å². The number of para-hydroxylation sites is 1. The van der Waals surface area contributed by atoms with Gasteiger partial charge in [0.05, 0.1) is 16.7 Å². The Bertz CT molecular complexity index is 2590. The molecule has 0 saturated carbocycles. The van der Waals surface area contributed by atoms with Crippen molar-refractivity contribution in [1.82, 2.24) is 24.5 Å². The van der Waals surface area contributed by atoms with Crippen molar-refractivity contribution in [2.45, 2.75) is 6.92 Å². The highest BCUT2D eigenvalue weighted by Crippen LogP contribution is 2.39. The molecule has 5 heteroatoms. The number of aryl methyl sites for hydroxylation is 1. The number of hydrogen-bond acceptors (Lipinski definition) is 4. The molecule has 0 bridgehead atoms. The van der Waals surface area contributed by atoms with Crippen molar-refractivity contribution in [2.75, 3.05) is 0 Å². The molecule has 9 aromatic rings. The van der Waals surface area contributed by atoms with Crippen LogP contribution in [-0.2, 0) is 0 Å². The van der Waals surface area contributed by atoms with Gasteiger partial charge in [-0.2, -0.15) is 0 Å². The lowest BCUT2D eigenvalue weighted by Gasteiger charge is -2.16. The minimum absolute atomic E-state index is 0.596. The molecule has 0 unspecified atom stereocenters. The number of hydrogen-bond donors (Lipinski definition) is 0. The number of rotatable bonds is 6. The second kappa shape index (κ2) is 12.4. The average Bonchev–Trinajstić information content (AvgIpc) is 3.52. The summed E-state index contributed by atoms with van der Waals surface area (Å²) in [6, 6.07) is 54.9. The Balaban J connectivity index is 1.36. The fourth-order valence-electron chi connectivity index (χ4n) is 6.79. The number of fused-ring (bicyclic) bond motifs is 3. The van der Waals surface area contributed by atoms with Crippen LogP contribution in [0.2, 0.25) is 0 Å². The van der Waals surface area contributed by atoms with E-state index in [4.69, 9.17) is 15.0 Å². The summed E-state index contributed by atoms with van der Waals surface area (Å²) >= 11 is 0. The van der Waals surface area contributed by atoms with Crippen LogP contribution in [0.25, 0.3) is 83.9 Å².